The lowest BCUT2D eigenvalue weighted by Gasteiger charge is -2.30. The van der Waals surface area contributed by atoms with Crippen molar-refractivity contribution in [2.45, 2.75) is 25.8 Å². The summed E-state index contributed by atoms with van der Waals surface area (Å²) in [5, 5.41) is 17.4. The molecule has 1 amide bonds. The Morgan fingerprint density at radius 3 is 2.88 bits per heavy atom. The van der Waals surface area contributed by atoms with Gasteiger partial charge in [0.1, 0.15) is 5.52 Å². The van der Waals surface area contributed by atoms with Crippen molar-refractivity contribution in [3.63, 3.8) is 0 Å². The molecule has 126 valence electrons. The third-order valence-electron chi connectivity index (χ3n) is 4.29. The number of aliphatic carboxylic acids is 1. The smallest absolute Gasteiger partial charge is 0.308 e. The molecule has 1 aliphatic heterocycles. The Morgan fingerprint density at radius 1 is 1.29 bits per heavy atom. The van der Waals surface area contributed by atoms with Gasteiger partial charge in [0.25, 0.3) is 5.56 Å². The summed E-state index contributed by atoms with van der Waals surface area (Å²) in [7, 11) is 0. The molecule has 1 fully saturated rings. The highest BCUT2D eigenvalue weighted by Gasteiger charge is 2.27. The molecule has 2 heterocycles. The Bertz CT molecular complexity index is 832. The van der Waals surface area contributed by atoms with E-state index in [-0.39, 0.29) is 31.0 Å². The molecule has 1 aromatic heterocycles. The van der Waals surface area contributed by atoms with Crippen LogP contribution in [-0.4, -0.2) is 50.0 Å². The van der Waals surface area contributed by atoms with Crippen molar-refractivity contribution in [1.82, 2.24) is 19.9 Å². The maximum Gasteiger partial charge on any atom is 0.308 e. The number of piperidine rings is 1. The molecule has 24 heavy (non-hydrogen) atoms. The van der Waals surface area contributed by atoms with Gasteiger partial charge in [0, 0.05) is 19.5 Å². The van der Waals surface area contributed by atoms with Crippen LogP contribution < -0.4 is 5.56 Å². The summed E-state index contributed by atoms with van der Waals surface area (Å²) in [6, 6.07) is 6.91. The standard InChI is InChI=1S/C16H18N4O4/c21-14(19-8-3-4-11(10-19)16(23)24)7-9-20-15(22)12-5-1-2-6-13(12)17-18-20/h1-2,5-6,11H,3-4,7-10H2,(H,23,24). The van der Waals surface area contributed by atoms with Gasteiger partial charge in [-0.3, -0.25) is 14.4 Å². The van der Waals surface area contributed by atoms with Crippen molar-refractivity contribution in [3.05, 3.63) is 34.6 Å². The number of carbonyl (C=O) groups excluding carboxylic acids is 1. The van der Waals surface area contributed by atoms with Crippen molar-refractivity contribution in [2.75, 3.05) is 13.1 Å². The largest absolute Gasteiger partial charge is 0.481 e. The van der Waals surface area contributed by atoms with Gasteiger partial charge in [-0.2, -0.15) is 0 Å². The summed E-state index contributed by atoms with van der Waals surface area (Å²) >= 11 is 0. The molecule has 8 nitrogen and oxygen atoms in total. The molecule has 3 rings (SSSR count). The molecule has 1 N–H and O–H groups in total. The number of aromatic nitrogens is 3. The summed E-state index contributed by atoms with van der Waals surface area (Å²) in [5.41, 5.74) is 0.237. The van der Waals surface area contributed by atoms with E-state index >= 15 is 0 Å². The van der Waals surface area contributed by atoms with Gasteiger partial charge in [-0.15, -0.1) is 5.10 Å². The zero-order chi connectivity index (χ0) is 17.1. The average molecular weight is 330 g/mol. The molecular formula is C16H18N4O4. The zero-order valence-electron chi connectivity index (χ0n) is 13.1. The molecule has 0 saturated carbocycles. The molecule has 0 spiro atoms. The number of carboxylic acid groups (broad SMARTS) is 1. The number of fused-ring (bicyclic) bond motifs is 1. The van der Waals surface area contributed by atoms with Crippen LogP contribution in [-0.2, 0) is 16.1 Å². The number of amides is 1. The summed E-state index contributed by atoms with van der Waals surface area (Å²) < 4.78 is 1.18. The topological polar surface area (TPSA) is 105 Å². The molecular weight excluding hydrogens is 312 g/mol. The molecule has 1 saturated heterocycles. The summed E-state index contributed by atoms with van der Waals surface area (Å²) in [6.45, 7) is 0.914. The number of hydrogen-bond acceptors (Lipinski definition) is 5. The van der Waals surface area contributed by atoms with Crippen molar-refractivity contribution in [3.8, 4) is 0 Å². The second kappa shape index (κ2) is 6.77. The Morgan fingerprint density at radius 2 is 2.08 bits per heavy atom. The van der Waals surface area contributed by atoms with Gasteiger partial charge in [0.05, 0.1) is 17.8 Å². The normalized spacial score (nSPS) is 17.8. The Kier molecular flexibility index (Phi) is 4.54. The minimum absolute atomic E-state index is 0.0965. The predicted octanol–water partition coefficient (Wildman–Crippen LogP) is 0.505. The molecule has 1 atom stereocenters. The maximum absolute atomic E-state index is 12.3. The average Bonchev–Trinajstić information content (AvgIpc) is 2.61. The quantitative estimate of drug-likeness (QED) is 0.875. The summed E-state index contributed by atoms with van der Waals surface area (Å²) in [6.07, 6.45) is 1.37. The number of carbonyl (C=O) groups is 2. The molecule has 0 radical (unpaired) electrons. The van der Waals surface area contributed by atoms with E-state index in [9.17, 15) is 14.4 Å². The van der Waals surface area contributed by atoms with Crippen molar-refractivity contribution in [1.29, 1.82) is 0 Å². The predicted molar refractivity (Wildman–Crippen MR) is 85.4 cm³/mol. The number of carboxylic acids is 1. The fourth-order valence-corrected chi connectivity index (χ4v) is 2.93. The van der Waals surface area contributed by atoms with E-state index in [0.717, 1.165) is 0 Å². The Labute approximate surface area is 137 Å². The number of likely N-dealkylation sites (tertiary alicyclic amines) is 1. The molecule has 1 aliphatic rings. The first-order valence-electron chi connectivity index (χ1n) is 7.89. The second-order valence-electron chi connectivity index (χ2n) is 5.90. The van der Waals surface area contributed by atoms with E-state index in [1.54, 1.807) is 29.2 Å². The highest BCUT2D eigenvalue weighted by Crippen LogP contribution is 2.17. The number of aryl methyl sites for hydroxylation is 1. The number of rotatable bonds is 4. The van der Waals surface area contributed by atoms with Crippen molar-refractivity contribution < 1.29 is 14.7 Å². The second-order valence-corrected chi connectivity index (χ2v) is 5.90. The molecule has 0 aliphatic carbocycles. The lowest BCUT2D eigenvalue weighted by Crippen LogP contribution is -2.42. The minimum Gasteiger partial charge on any atom is -0.481 e. The Hall–Kier alpha value is -2.77. The first kappa shape index (κ1) is 16.1. The first-order valence-corrected chi connectivity index (χ1v) is 7.89. The number of nitrogens with zero attached hydrogens (tertiary/aromatic N) is 4. The Balaban J connectivity index is 1.67. The first-order chi connectivity index (χ1) is 11.6. The van der Waals surface area contributed by atoms with Gasteiger partial charge in [-0.25, -0.2) is 4.68 Å². The van der Waals surface area contributed by atoms with E-state index in [2.05, 4.69) is 10.3 Å². The number of hydrogen-bond donors (Lipinski definition) is 1. The van der Waals surface area contributed by atoms with Crippen LogP contribution in [0, 0.1) is 5.92 Å². The van der Waals surface area contributed by atoms with Gasteiger partial charge in [-0.05, 0) is 25.0 Å². The maximum atomic E-state index is 12.3. The van der Waals surface area contributed by atoms with Crippen LogP contribution in [0.1, 0.15) is 19.3 Å². The third-order valence-corrected chi connectivity index (χ3v) is 4.29. The zero-order valence-corrected chi connectivity index (χ0v) is 13.1. The van der Waals surface area contributed by atoms with Gasteiger partial charge < -0.3 is 10.0 Å². The SMILES string of the molecule is O=C(O)C1CCCN(C(=O)CCn2nnc3ccccc3c2=O)C1. The van der Waals surface area contributed by atoms with Crippen LogP contribution in [0.15, 0.2) is 29.1 Å². The van der Waals surface area contributed by atoms with Crippen LogP contribution in [0.4, 0.5) is 0 Å². The third kappa shape index (κ3) is 3.27. The van der Waals surface area contributed by atoms with Crippen molar-refractivity contribution in [2.24, 2.45) is 5.92 Å². The highest BCUT2D eigenvalue weighted by atomic mass is 16.4. The lowest BCUT2D eigenvalue weighted by molar-refractivity contribution is -0.145. The summed E-state index contributed by atoms with van der Waals surface area (Å²) in [4.78, 5) is 37.2. The van der Waals surface area contributed by atoms with E-state index in [0.29, 0.717) is 30.3 Å². The van der Waals surface area contributed by atoms with Gasteiger partial charge in [0.15, 0.2) is 0 Å². The van der Waals surface area contributed by atoms with Gasteiger partial charge >= 0.3 is 5.97 Å². The minimum atomic E-state index is -0.871. The van der Waals surface area contributed by atoms with Crippen LogP contribution in [0.5, 0.6) is 0 Å². The fraction of sp³-hybridized carbons (Fsp3) is 0.438. The monoisotopic (exact) mass is 330 g/mol. The molecule has 1 unspecified atom stereocenters. The molecule has 1 aromatic carbocycles. The van der Waals surface area contributed by atoms with Crippen LogP contribution in [0.2, 0.25) is 0 Å². The molecule has 8 heteroatoms. The number of benzene rings is 1. The highest BCUT2D eigenvalue weighted by molar-refractivity contribution is 5.78. The van der Waals surface area contributed by atoms with Crippen LogP contribution >= 0.6 is 0 Å². The van der Waals surface area contributed by atoms with E-state index < -0.39 is 11.9 Å². The lowest BCUT2D eigenvalue weighted by atomic mass is 9.98. The molecule has 0 bridgehead atoms. The molecule has 2 aromatic rings. The van der Waals surface area contributed by atoms with Crippen molar-refractivity contribution >= 4 is 22.8 Å². The van der Waals surface area contributed by atoms with Crippen LogP contribution in [0.25, 0.3) is 10.9 Å². The van der Waals surface area contributed by atoms with Crippen LogP contribution in [0.3, 0.4) is 0 Å². The van der Waals surface area contributed by atoms with Gasteiger partial charge in [0.2, 0.25) is 5.91 Å². The van der Waals surface area contributed by atoms with Gasteiger partial charge in [-0.1, -0.05) is 17.3 Å². The van der Waals surface area contributed by atoms with E-state index in [1.807, 2.05) is 0 Å². The fourth-order valence-electron chi connectivity index (χ4n) is 2.93. The van der Waals surface area contributed by atoms with E-state index in [1.165, 1.54) is 4.68 Å². The van der Waals surface area contributed by atoms with E-state index in [4.69, 9.17) is 5.11 Å². The summed E-state index contributed by atoms with van der Waals surface area (Å²) in [5.74, 6) is -1.54.